The molecule has 242 valence electrons. The van der Waals surface area contributed by atoms with Gasteiger partial charge in [-0.3, -0.25) is 9.80 Å². The van der Waals surface area contributed by atoms with Crippen LogP contribution in [0, 0.1) is 11.6 Å². The zero-order valence-electron chi connectivity index (χ0n) is 26.6. The van der Waals surface area contributed by atoms with Gasteiger partial charge in [0.1, 0.15) is 11.6 Å². The molecule has 6 heteroatoms. The number of ether oxygens (including phenoxy) is 2. The molecule has 3 atom stereocenters. The van der Waals surface area contributed by atoms with E-state index in [1.807, 2.05) is 60.7 Å². The normalized spacial score (nSPS) is 16.6. The van der Waals surface area contributed by atoms with Gasteiger partial charge in [-0.25, -0.2) is 8.78 Å². The zero-order chi connectivity index (χ0) is 32.3. The van der Waals surface area contributed by atoms with Gasteiger partial charge in [0.15, 0.2) is 0 Å². The Morgan fingerprint density at radius 1 is 0.660 bits per heavy atom. The van der Waals surface area contributed by atoms with Gasteiger partial charge in [-0.15, -0.1) is 0 Å². The second-order valence-corrected chi connectivity index (χ2v) is 12.3. The second-order valence-electron chi connectivity index (χ2n) is 12.3. The van der Waals surface area contributed by atoms with Crippen molar-refractivity contribution in [2.45, 2.75) is 50.8 Å². The molecule has 1 aliphatic heterocycles. The molecule has 0 amide bonds. The lowest BCUT2D eigenvalue weighted by molar-refractivity contribution is -0.120. The van der Waals surface area contributed by atoms with E-state index in [0.29, 0.717) is 44.9 Å². The van der Waals surface area contributed by atoms with E-state index in [-0.39, 0.29) is 18.2 Å². The van der Waals surface area contributed by atoms with E-state index in [1.54, 1.807) is 0 Å². The summed E-state index contributed by atoms with van der Waals surface area (Å²) < 4.78 is 42.6. The summed E-state index contributed by atoms with van der Waals surface area (Å²) in [5, 5.41) is 0. The molecule has 1 aliphatic rings. The summed E-state index contributed by atoms with van der Waals surface area (Å²) in [7, 11) is 0. The Morgan fingerprint density at radius 2 is 1.17 bits per heavy atom. The summed E-state index contributed by atoms with van der Waals surface area (Å²) in [4.78, 5) is 4.87. The molecule has 5 aromatic rings. The third kappa shape index (κ3) is 9.43. The Labute approximate surface area is 277 Å². The molecule has 0 spiro atoms. The zero-order valence-corrected chi connectivity index (χ0v) is 26.6. The number of halogens is 2. The van der Waals surface area contributed by atoms with Crippen molar-refractivity contribution in [1.82, 2.24) is 9.80 Å². The molecular formula is C41H42F2N2O2. The summed E-state index contributed by atoms with van der Waals surface area (Å²) in [6, 6.07) is 44.8. The van der Waals surface area contributed by atoms with Crippen molar-refractivity contribution in [3.05, 3.63) is 179 Å². The minimum atomic E-state index is -0.579. The molecule has 1 heterocycles. The molecule has 0 N–H and O–H groups in total. The van der Waals surface area contributed by atoms with Crippen molar-refractivity contribution in [2.75, 3.05) is 19.8 Å². The second kappa shape index (κ2) is 16.6. The van der Waals surface area contributed by atoms with Crippen LogP contribution in [-0.2, 0) is 42.1 Å². The minimum absolute atomic E-state index is 0.106. The van der Waals surface area contributed by atoms with Gasteiger partial charge >= 0.3 is 0 Å². The number of nitrogens with zero attached hydrogens (tertiary/aromatic N) is 2. The predicted molar refractivity (Wildman–Crippen MR) is 182 cm³/mol. The van der Waals surface area contributed by atoms with Gasteiger partial charge in [0.05, 0.1) is 32.0 Å². The first-order valence-electron chi connectivity index (χ1n) is 16.4. The highest BCUT2D eigenvalue weighted by molar-refractivity contribution is 5.23. The molecule has 47 heavy (non-hydrogen) atoms. The Hall–Kier alpha value is -4.20. The van der Waals surface area contributed by atoms with Gasteiger partial charge in [0, 0.05) is 38.3 Å². The van der Waals surface area contributed by atoms with Crippen molar-refractivity contribution in [3.63, 3.8) is 0 Å². The molecule has 5 aromatic carbocycles. The molecule has 0 saturated carbocycles. The number of benzene rings is 5. The van der Waals surface area contributed by atoms with Gasteiger partial charge in [0.25, 0.3) is 0 Å². The standard InChI is InChI=1S/C41H42F2N2O2/c42-37-23-36(24-38(43)26-37)25-39(45(28-33-15-7-2-8-16-33)29-34-17-9-3-10-18-34)41(47-30-35-19-11-4-12-20-35)40-31-46-22-21-44(40)27-32-13-5-1-6-14-32/h1-20,23-24,26,39-41H,21-22,25,27-31H2/t39?,40-,41-/m0/s1. The Balaban J connectivity index is 1.44. The van der Waals surface area contributed by atoms with Crippen LogP contribution in [0.4, 0.5) is 8.78 Å². The molecule has 6 rings (SSSR count). The topological polar surface area (TPSA) is 24.9 Å². The fraction of sp³-hybridized carbons (Fsp3) is 0.268. The number of hydrogen-bond donors (Lipinski definition) is 0. The van der Waals surface area contributed by atoms with Crippen LogP contribution < -0.4 is 0 Å². The molecule has 0 bridgehead atoms. The fourth-order valence-electron chi connectivity index (χ4n) is 6.57. The third-order valence-corrected chi connectivity index (χ3v) is 8.85. The maximum atomic E-state index is 14.7. The molecule has 4 nitrogen and oxygen atoms in total. The van der Waals surface area contributed by atoms with E-state index < -0.39 is 11.6 Å². The van der Waals surface area contributed by atoms with Crippen molar-refractivity contribution in [1.29, 1.82) is 0 Å². The van der Waals surface area contributed by atoms with Crippen molar-refractivity contribution < 1.29 is 18.3 Å². The van der Waals surface area contributed by atoms with Crippen LogP contribution in [0.15, 0.2) is 140 Å². The molecule has 1 saturated heterocycles. The van der Waals surface area contributed by atoms with Crippen LogP contribution in [0.3, 0.4) is 0 Å². The maximum Gasteiger partial charge on any atom is 0.126 e. The molecule has 0 radical (unpaired) electrons. The lowest BCUT2D eigenvalue weighted by Gasteiger charge is -2.46. The largest absolute Gasteiger partial charge is 0.378 e. The van der Waals surface area contributed by atoms with Crippen LogP contribution in [-0.4, -0.2) is 47.7 Å². The monoisotopic (exact) mass is 632 g/mol. The first kappa shape index (κ1) is 32.7. The van der Waals surface area contributed by atoms with Crippen LogP contribution in [0.1, 0.15) is 27.8 Å². The highest BCUT2D eigenvalue weighted by Gasteiger charge is 2.39. The smallest absolute Gasteiger partial charge is 0.126 e. The quantitative estimate of drug-likeness (QED) is 0.124. The molecule has 0 aliphatic carbocycles. The van der Waals surface area contributed by atoms with Gasteiger partial charge in [0.2, 0.25) is 0 Å². The van der Waals surface area contributed by atoms with Crippen LogP contribution in [0.2, 0.25) is 0 Å². The van der Waals surface area contributed by atoms with E-state index in [2.05, 4.69) is 70.5 Å². The molecule has 1 unspecified atom stereocenters. The maximum absolute atomic E-state index is 14.7. The summed E-state index contributed by atoms with van der Waals surface area (Å²) in [5.41, 5.74) is 5.19. The number of morpholine rings is 1. The van der Waals surface area contributed by atoms with Gasteiger partial charge in [-0.05, 0) is 46.4 Å². The fourth-order valence-corrected chi connectivity index (χ4v) is 6.57. The average Bonchev–Trinajstić information content (AvgIpc) is 3.10. The van der Waals surface area contributed by atoms with E-state index >= 15 is 0 Å². The molecule has 0 aromatic heterocycles. The van der Waals surface area contributed by atoms with Crippen molar-refractivity contribution in [3.8, 4) is 0 Å². The summed E-state index contributed by atoms with van der Waals surface area (Å²) in [5.74, 6) is -1.16. The van der Waals surface area contributed by atoms with Crippen molar-refractivity contribution in [2.24, 2.45) is 0 Å². The first-order chi connectivity index (χ1) is 23.1. The van der Waals surface area contributed by atoms with Gasteiger partial charge < -0.3 is 9.47 Å². The number of rotatable bonds is 14. The summed E-state index contributed by atoms with van der Waals surface area (Å²) in [6.07, 6.45) is 0.0294. The Bertz CT molecular complexity index is 1580. The lowest BCUT2D eigenvalue weighted by atomic mass is 9.92. The highest BCUT2D eigenvalue weighted by atomic mass is 19.1. The molecular weight excluding hydrogens is 590 g/mol. The minimum Gasteiger partial charge on any atom is -0.378 e. The Morgan fingerprint density at radius 3 is 1.72 bits per heavy atom. The summed E-state index contributed by atoms with van der Waals surface area (Å²) >= 11 is 0. The van der Waals surface area contributed by atoms with Gasteiger partial charge in [-0.1, -0.05) is 121 Å². The van der Waals surface area contributed by atoms with Crippen LogP contribution in [0.25, 0.3) is 0 Å². The SMILES string of the molecule is Fc1cc(F)cc(CC([C@H](OCc2ccccc2)[C@@H]2COCCN2Cc2ccccc2)N(Cc2ccccc2)Cc2ccccc2)c1. The Kier molecular flexibility index (Phi) is 11.5. The predicted octanol–water partition coefficient (Wildman–Crippen LogP) is 8.06. The highest BCUT2D eigenvalue weighted by Crippen LogP contribution is 2.28. The van der Waals surface area contributed by atoms with E-state index in [0.717, 1.165) is 35.8 Å². The van der Waals surface area contributed by atoms with Crippen LogP contribution in [0.5, 0.6) is 0 Å². The lowest BCUT2D eigenvalue weighted by Crippen LogP contribution is -2.59. The first-order valence-corrected chi connectivity index (χ1v) is 16.4. The number of hydrogen-bond acceptors (Lipinski definition) is 4. The van der Waals surface area contributed by atoms with E-state index in [9.17, 15) is 8.78 Å². The van der Waals surface area contributed by atoms with Crippen LogP contribution >= 0.6 is 0 Å². The van der Waals surface area contributed by atoms with Gasteiger partial charge in [-0.2, -0.15) is 0 Å². The van der Waals surface area contributed by atoms with E-state index in [1.165, 1.54) is 17.7 Å². The van der Waals surface area contributed by atoms with E-state index in [4.69, 9.17) is 9.47 Å². The molecule has 1 fully saturated rings. The average molecular weight is 633 g/mol. The third-order valence-electron chi connectivity index (χ3n) is 8.85. The van der Waals surface area contributed by atoms with Crippen molar-refractivity contribution >= 4 is 0 Å². The summed E-state index contributed by atoms with van der Waals surface area (Å²) in [6.45, 7) is 4.30.